The van der Waals surface area contributed by atoms with E-state index in [1.807, 2.05) is 18.2 Å². The lowest BCUT2D eigenvalue weighted by molar-refractivity contribution is -0.116. The fourth-order valence-corrected chi connectivity index (χ4v) is 4.93. The Morgan fingerprint density at radius 1 is 1.04 bits per heavy atom. The van der Waals surface area contributed by atoms with Crippen molar-refractivity contribution in [2.45, 2.75) is 31.1 Å². The van der Waals surface area contributed by atoms with Gasteiger partial charge in [0.25, 0.3) is 10.0 Å². The van der Waals surface area contributed by atoms with Gasteiger partial charge in [0.1, 0.15) is 0 Å². The Labute approximate surface area is 159 Å². The predicted molar refractivity (Wildman–Crippen MR) is 107 cm³/mol. The van der Waals surface area contributed by atoms with E-state index < -0.39 is 10.0 Å². The van der Waals surface area contributed by atoms with E-state index in [0.717, 1.165) is 30.0 Å². The first kappa shape index (κ1) is 17.9. The molecule has 2 aliphatic rings. The van der Waals surface area contributed by atoms with Crippen molar-refractivity contribution in [3.8, 4) is 0 Å². The van der Waals surface area contributed by atoms with Crippen LogP contribution in [0.3, 0.4) is 0 Å². The summed E-state index contributed by atoms with van der Waals surface area (Å²) in [6.07, 6.45) is 3.01. The molecule has 0 saturated carbocycles. The molecule has 4 rings (SSSR count). The highest BCUT2D eigenvalue weighted by Gasteiger charge is 2.25. The summed E-state index contributed by atoms with van der Waals surface area (Å²) in [5.74, 6) is -0.0267. The van der Waals surface area contributed by atoms with E-state index in [9.17, 15) is 13.2 Å². The van der Waals surface area contributed by atoms with Gasteiger partial charge in [-0.15, -0.1) is 0 Å². The Hall–Kier alpha value is -2.54. The fourth-order valence-electron chi connectivity index (χ4n) is 3.83. The third kappa shape index (κ3) is 3.51. The number of anilines is 3. The number of fused-ring (bicyclic) bond motifs is 1. The zero-order chi connectivity index (χ0) is 19.0. The Bertz CT molecular complexity index is 982. The van der Waals surface area contributed by atoms with Gasteiger partial charge in [-0.2, -0.15) is 0 Å². The Morgan fingerprint density at radius 2 is 1.81 bits per heavy atom. The van der Waals surface area contributed by atoms with Crippen molar-refractivity contribution in [1.29, 1.82) is 0 Å². The van der Waals surface area contributed by atoms with Gasteiger partial charge in [-0.1, -0.05) is 6.07 Å². The van der Waals surface area contributed by atoms with Gasteiger partial charge in [-0.3, -0.25) is 9.52 Å². The predicted octanol–water partition coefficient (Wildman–Crippen LogP) is 3.00. The quantitative estimate of drug-likeness (QED) is 0.878. The lowest BCUT2D eigenvalue weighted by Crippen LogP contribution is -2.25. The number of carbonyl (C=O) groups excluding carboxylic acids is 1. The van der Waals surface area contributed by atoms with Gasteiger partial charge >= 0.3 is 0 Å². The molecule has 1 fully saturated rings. The molecule has 0 aliphatic carbocycles. The van der Waals surface area contributed by atoms with Crippen LogP contribution in [-0.2, 0) is 21.2 Å². The number of hydrogen-bond donors (Lipinski definition) is 1. The second-order valence-corrected chi connectivity index (χ2v) is 8.74. The minimum absolute atomic E-state index is 0.0267. The summed E-state index contributed by atoms with van der Waals surface area (Å²) >= 11 is 0. The molecule has 0 bridgehead atoms. The molecule has 2 aromatic rings. The molecule has 2 aromatic carbocycles. The van der Waals surface area contributed by atoms with Crippen LogP contribution in [-0.4, -0.2) is 34.0 Å². The molecule has 0 unspecified atom stereocenters. The van der Waals surface area contributed by atoms with Gasteiger partial charge in [-0.05, 0) is 61.2 Å². The van der Waals surface area contributed by atoms with E-state index in [4.69, 9.17) is 0 Å². The average molecular weight is 385 g/mol. The van der Waals surface area contributed by atoms with Crippen LogP contribution in [0, 0.1) is 0 Å². The van der Waals surface area contributed by atoms with Crippen LogP contribution in [0.4, 0.5) is 17.1 Å². The number of rotatable bonds is 4. The molecule has 142 valence electrons. The van der Waals surface area contributed by atoms with Crippen molar-refractivity contribution in [2.75, 3.05) is 34.2 Å². The lowest BCUT2D eigenvalue weighted by atomic mass is 10.2. The Morgan fingerprint density at radius 3 is 2.56 bits per heavy atom. The molecular weight excluding hydrogens is 362 g/mol. The van der Waals surface area contributed by atoms with Crippen molar-refractivity contribution in [3.05, 3.63) is 48.0 Å². The molecular formula is C20H23N3O3S. The number of nitrogens with one attached hydrogen (secondary N) is 1. The Balaban J connectivity index is 1.58. The monoisotopic (exact) mass is 385 g/mol. The van der Waals surface area contributed by atoms with Crippen LogP contribution < -0.4 is 14.5 Å². The molecule has 1 N–H and O–H groups in total. The first-order valence-corrected chi connectivity index (χ1v) is 10.7. The van der Waals surface area contributed by atoms with Crippen LogP contribution in [0.5, 0.6) is 0 Å². The first-order chi connectivity index (χ1) is 12.9. The zero-order valence-corrected chi connectivity index (χ0v) is 16.1. The summed E-state index contributed by atoms with van der Waals surface area (Å²) < 4.78 is 28.4. The highest BCUT2D eigenvalue weighted by atomic mass is 32.2. The van der Waals surface area contributed by atoms with Crippen molar-refractivity contribution >= 4 is 33.0 Å². The summed E-state index contributed by atoms with van der Waals surface area (Å²) in [6, 6.07) is 12.5. The number of nitrogens with zero attached hydrogens (tertiary/aromatic N) is 2. The Kier molecular flexibility index (Phi) is 4.55. The maximum Gasteiger partial charge on any atom is 0.261 e. The standard InChI is InChI=1S/C20H23N3O3S/c1-15(24)23-12-9-16-13-19(7-8-20(16)23)27(25,26)21-17-5-4-6-18(14-17)22-10-2-3-11-22/h4-8,13-14,21H,2-3,9-12H2,1H3. The number of amides is 1. The van der Waals surface area contributed by atoms with Crippen LogP contribution >= 0.6 is 0 Å². The second kappa shape index (κ2) is 6.88. The van der Waals surface area contributed by atoms with E-state index in [0.29, 0.717) is 18.7 Å². The normalized spacial score (nSPS) is 16.5. The zero-order valence-electron chi connectivity index (χ0n) is 15.3. The van der Waals surface area contributed by atoms with Crippen molar-refractivity contribution < 1.29 is 13.2 Å². The first-order valence-electron chi connectivity index (χ1n) is 9.23. The molecule has 0 atom stereocenters. The van der Waals surface area contributed by atoms with Crippen LogP contribution in [0.2, 0.25) is 0 Å². The number of carbonyl (C=O) groups is 1. The third-order valence-corrected chi connectivity index (χ3v) is 6.59. The smallest absolute Gasteiger partial charge is 0.261 e. The summed E-state index contributed by atoms with van der Waals surface area (Å²) in [7, 11) is -3.68. The van der Waals surface area contributed by atoms with Crippen LogP contribution in [0.25, 0.3) is 0 Å². The summed E-state index contributed by atoms with van der Waals surface area (Å²) in [6.45, 7) is 4.13. The molecule has 0 spiro atoms. The van der Waals surface area contributed by atoms with Gasteiger partial charge < -0.3 is 9.80 Å². The van der Waals surface area contributed by atoms with Crippen LogP contribution in [0.15, 0.2) is 47.4 Å². The van der Waals surface area contributed by atoms with Crippen molar-refractivity contribution in [2.24, 2.45) is 0 Å². The van der Waals surface area contributed by atoms with Crippen molar-refractivity contribution in [3.63, 3.8) is 0 Å². The van der Waals surface area contributed by atoms with E-state index in [2.05, 4.69) is 9.62 Å². The summed E-state index contributed by atoms with van der Waals surface area (Å²) in [5, 5.41) is 0. The van der Waals surface area contributed by atoms with E-state index in [-0.39, 0.29) is 10.8 Å². The topological polar surface area (TPSA) is 69.7 Å². The highest BCUT2D eigenvalue weighted by Crippen LogP contribution is 2.31. The number of sulfonamides is 1. The van der Waals surface area contributed by atoms with Gasteiger partial charge in [0.05, 0.1) is 10.6 Å². The maximum atomic E-state index is 12.8. The van der Waals surface area contributed by atoms with Gasteiger partial charge in [-0.25, -0.2) is 8.42 Å². The largest absolute Gasteiger partial charge is 0.371 e. The summed E-state index contributed by atoms with van der Waals surface area (Å²) in [4.78, 5) is 15.8. The molecule has 6 nitrogen and oxygen atoms in total. The molecule has 2 heterocycles. The number of hydrogen-bond acceptors (Lipinski definition) is 4. The van der Waals surface area contributed by atoms with E-state index >= 15 is 0 Å². The molecule has 27 heavy (non-hydrogen) atoms. The SMILES string of the molecule is CC(=O)N1CCc2cc(S(=O)(=O)Nc3cccc(N4CCCC4)c3)ccc21. The number of benzene rings is 2. The molecule has 1 saturated heterocycles. The van der Waals surface area contributed by atoms with Gasteiger partial charge in [0, 0.05) is 37.9 Å². The third-order valence-electron chi connectivity index (χ3n) is 5.21. The fraction of sp³-hybridized carbons (Fsp3) is 0.350. The maximum absolute atomic E-state index is 12.8. The lowest BCUT2D eigenvalue weighted by Gasteiger charge is -2.19. The van der Waals surface area contributed by atoms with Gasteiger partial charge in [0.2, 0.25) is 5.91 Å². The molecule has 7 heteroatoms. The van der Waals surface area contributed by atoms with Gasteiger partial charge in [0.15, 0.2) is 0 Å². The molecule has 0 radical (unpaired) electrons. The average Bonchev–Trinajstić information content (AvgIpc) is 3.31. The highest BCUT2D eigenvalue weighted by molar-refractivity contribution is 7.92. The molecule has 0 aromatic heterocycles. The molecule has 1 amide bonds. The minimum Gasteiger partial charge on any atom is -0.371 e. The minimum atomic E-state index is -3.68. The van der Waals surface area contributed by atoms with E-state index in [1.54, 1.807) is 29.2 Å². The van der Waals surface area contributed by atoms with Crippen molar-refractivity contribution in [1.82, 2.24) is 0 Å². The molecule has 2 aliphatic heterocycles. The second-order valence-electron chi connectivity index (χ2n) is 7.06. The van der Waals surface area contributed by atoms with E-state index in [1.165, 1.54) is 19.8 Å². The summed E-state index contributed by atoms with van der Waals surface area (Å²) in [5.41, 5.74) is 3.29. The van der Waals surface area contributed by atoms with Crippen LogP contribution in [0.1, 0.15) is 25.3 Å².